The van der Waals surface area contributed by atoms with Crippen LogP contribution in [0.2, 0.25) is 0 Å². The molecule has 0 aliphatic carbocycles. The molecule has 0 aliphatic heterocycles. The van der Waals surface area contributed by atoms with Gasteiger partial charge < -0.3 is 4.74 Å². The second-order valence-electron chi connectivity index (χ2n) is 5.80. The third-order valence-electron chi connectivity index (χ3n) is 3.91. The molecule has 1 aromatic heterocycles. The summed E-state index contributed by atoms with van der Waals surface area (Å²) in [7, 11) is 1.58. The molecular formula is C21H15IO4S. The van der Waals surface area contributed by atoms with Crippen molar-refractivity contribution in [2.24, 2.45) is 0 Å². The number of methoxy groups -OCH3 is 1. The van der Waals surface area contributed by atoms with E-state index in [1.54, 1.807) is 31.4 Å². The molecule has 136 valence electrons. The highest BCUT2D eigenvalue weighted by Gasteiger charge is 2.15. The predicted molar refractivity (Wildman–Crippen MR) is 117 cm³/mol. The van der Waals surface area contributed by atoms with E-state index in [9.17, 15) is 14.4 Å². The van der Waals surface area contributed by atoms with Crippen LogP contribution in [0, 0.1) is 3.57 Å². The van der Waals surface area contributed by atoms with Crippen LogP contribution in [-0.4, -0.2) is 18.7 Å². The van der Waals surface area contributed by atoms with Crippen molar-refractivity contribution in [1.82, 2.24) is 0 Å². The van der Waals surface area contributed by atoms with Crippen LogP contribution in [0.1, 0.15) is 22.3 Å². The predicted octanol–water partition coefficient (Wildman–Crippen LogP) is 4.73. The summed E-state index contributed by atoms with van der Waals surface area (Å²) in [6.07, 6.45) is 2.67. The summed E-state index contributed by atoms with van der Waals surface area (Å²) in [5, 5.41) is 0.824. The van der Waals surface area contributed by atoms with Crippen molar-refractivity contribution in [2.75, 3.05) is 7.11 Å². The molecule has 0 fully saturated rings. The molecule has 27 heavy (non-hydrogen) atoms. The highest BCUT2D eigenvalue weighted by Crippen LogP contribution is 2.21. The number of ketones is 2. The Morgan fingerprint density at radius 1 is 1.11 bits per heavy atom. The highest BCUT2D eigenvalue weighted by atomic mass is 127. The van der Waals surface area contributed by atoms with E-state index in [0.717, 1.165) is 36.3 Å². The molecule has 0 saturated heterocycles. The van der Waals surface area contributed by atoms with Crippen LogP contribution >= 0.6 is 33.9 Å². The quantitative estimate of drug-likeness (QED) is 0.217. The van der Waals surface area contributed by atoms with E-state index in [1.807, 2.05) is 30.3 Å². The van der Waals surface area contributed by atoms with Crippen LogP contribution in [0.5, 0.6) is 5.75 Å². The Morgan fingerprint density at radius 3 is 2.56 bits per heavy atom. The van der Waals surface area contributed by atoms with Crippen LogP contribution in [0.25, 0.3) is 16.2 Å². The van der Waals surface area contributed by atoms with Gasteiger partial charge in [-0.15, -0.1) is 0 Å². The van der Waals surface area contributed by atoms with E-state index in [1.165, 1.54) is 6.08 Å². The Kier molecular flexibility index (Phi) is 6.18. The van der Waals surface area contributed by atoms with Crippen molar-refractivity contribution in [1.29, 1.82) is 0 Å². The van der Waals surface area contributed by atoms with Gasteiger partial charge in [-0.2, -0.15) is 0 Å². The van der Waals surface area contributed by atoms with Crippen LogP contribution in [0.4, 0.5) is 0 Å². The summed E-state index contributed by atoms with van der Waals surface area (Å²) in [4.78, 5) is 36.8. The smallest absolute Gasteiger partial charge is 0.243 e. The number of ether oxygens (including phenoxy) is 1. The zero-order valence-corrected chi connectivity index (χ0v) is 17.4. The molecule has 0 amide bonds. The summed E-state index contributed by atoms with van der Waals surface area (Å²) >= 11 is 3.20. The minimum absolute atomic E-state index is 0.0694. The molecule has 1 heterocycles. The van der Waals surface area contributed by atoms with Crippen molar-refractivity contribution >= 4 is 61.7 Å². The molecule has 0 unspecified atom stereocenters. The number of Topliss-reactive ketones (excluding diaryl/α,β-unsaturated/α-hetero) is 1. The van der Waals surface area contributed by atoms with E-state index in [4.69, 9.17) is 4.74 Å². The number of carbonyl (C=O) groups is 2. The SMILES string of the molecule is COc1ccc(/C=C/C(=O)CC(=O)c2cc3ccc(I)cc3sc2=O)cc1. The van der Waals surface area contributed by atoms with Gasteiger partial charge in [-0.25, -0.2) is 0 Å². The molecule has 3 rings (SSSR count). The summed E-state index contributed by atoms with van der Waals surface area (Å²) in [5.74, 6) is -0.0760. The van der Waals surface area contributed by atoms with Gasteiger partial charge in [0.05, 0.1) is 19.1 Å². The van der Waals surface area contributed by atoms with Crippen LogP contribution < -0.4 is 9.48 Å². The standard InChI is InChI=1S/C21H15IO4S/c1-26-17-8-3-13(4-9-17)2-7-16(23)12-19(24)18-10-14-5-6-15(22)11-20(14)27-21(18)25/h2-11H,12H2,1H3/b7-2+. The number of fused-ring (bicyclic) bond motifs is 1. The third kappa shape index (κ3) is 4.90. The maximum absolute atomic E-state index is 12.4. The van der Waals surface area contributed by atoms with Gasteiger partial charge in [0.2, 0.25) is 4.74 Å². The van der Waals surface area contributed by atoms with E-state index < -0.39 is 5.78 Å². The van der Waals surface area contributed by atoms with Gasteiger partial charge in [-0.1, -0.05) is 35.6 Å². The zero-order chi connectivity index (χ0) is 19.4. The first-order chi connectivity index (χ1) is 13.0. The fourth-order valence-corrected chi connectivity index (χ4v) is 4.11. The summed E-state index contributed by atoms with van der Waals surface area (Å²) in [5.41, 5.74) is 0.892. The lowest BCUT2D eigenvalue weighted by Gasteiger charge is -2.02. The van der Waals surface area contributed by atoms with Crippen molar-refractivity contribution in [3.8, 4) is 5.75 Å². The van der Waals surface area contributed by atoms with Gasteiger partial charge in [-0.3, -0.25) is 14.4 Å². The average Bonchev–Trinajstić information content (AvgIpc) is 2.66. The van der Waals surface area contributed by atoms with E-state index in [2.05, 4.69) is 22.6 Å². The van der Waals surface area contributed by atoms with Crippen LogP contribution in [-0.2, 0) is 4.79 Å². The van der Waals surface area contributed by atoms with Crippen LogP contribution in [0.3, 0.4) is 0 Å². The second-order valence-corrected chi connectivity index (χ2v) is 8.06. The molecule has 0 spiro atoms. The summed E-state index contributed by atoms with van der Waals surface area (Å²) in [6.45, 7) is 0. The maximum atomic E-state index is 12.4. The molecule has 0 bridgehead atoms. The Balaban J connectivity index is 1.74. The number of hydrogen-bond acceptors (Lipinski definition) is 5. The van der Waals surface area contributed by atoms with E-state index in [0.29, 0.717) is 0 Å². The van der Waals surface area contributed by atoms with E-state index in [-0.39, 0.29) is 22.5 Å². The number of benzene rings is 2. The van der Waals surface area contributed by atoms with Gasteiger partial charge in [0.15, 0.2) is 11.6 Å². The fourth-order valence-electron chi connectivity index (χ4n) is 2.50. The minimum atomic E-state index is -0.457. The molecule has 0 N–H and O–H groups in total. The van der Waals surface area contributed by atoms with Gasteiger partial charge in [0, 0.05) is 8.27 Å². The summed E-state index contributed by atoms with van der Waals surface area (Å²) in [6, 6.07) is 14.5. The van der Waals surface area contributed by atoms with E-state index >= 15 is 0 Å². The fraction of sp³-hybridized carbons (Fsp3) is 0.0952. The Hall–Kier alpha value is -2.32. The zero-order valence-electron chi connectivity index (χ0n) is 14.4. The topological polar surface area (TPSA) is 60.4 Å². The highest BCUT2D eigenvalue weighted by molar-refractivity contribution is 14.1. The lowest BCUT2D eigenvalue weighted by Crippen LogP contribution is -2.14. The first kappa shape index (κ1) is 19.4. The molecule has 2 aromatic carbocycles. The third-order valence-corrected chi connectivity index (χ3v) is 5.56. The number of halogens is 1. The number of rotatable bonds is 6. The molecule has 6 heteroatoms. The normalized spacial score (nSPS) is 11.0. The van der Waals surface area contributed by atoms with Crippen molar-refractivity contribution in [3.05, 3.63) is 78.8 Å². The Labute approximate surface area is 173 Å². The van der Waals surface area contributed by atoms with Gasteiger partial charge in [0.1, 0.15) is 5.75 Å². The monoisotopic (exact) mass is 490 g/mol. The Bertz CT molecular complexity index is 1100. The molecule has 0 saturated carbocycles. The van der Waals surface area contributed by atoms with Gasteiger partial charge in [0.25, 0.3) is 0 Å². The largest absolute Gasteiger partial charge is 0.497 e. The first-order valence-electron chi connectivity index (χ1n) is 8.08. The minimum Gasteiger partial charge on any atom is -0.497 e. The van der Waals surface area contributed by atoms with Crippen molar-refractivity contribution in [3.63, 3.8) is 0 Å². The first-order valence-corrected chi connectivity index (χ1v) is 9.97. The Morgan fingerprint density at radius 2 is 1.85 bits per heavy atom. The number of allylic oxidation sites excluding steroid dienone is 1. The second kappa shape index (κ2) is 8.58. The molecule has 0 radical (unpaired) electrons. The molecular weight excluding hydrogens is 475 g/mol. The molecule has 3 aromatic rings. The van der Waals surface area contributed by atoms with Gasteiger partial charge in [-0.05, 0) is 69.9 Å². The summed E-state index contributed by atoms with van der Waals surface area (Å²) < 4.78 is 6.61. The molecule has 4 nitrogen and oxygen atoms in total. The van der Waals surface area contributed by atoms with Crippen molar-refractivity contribution in [2.45, 2.75) is 6.42 Å². The lowest BCUT2D eigenvalue weighted by atomic mass is 10.1. The molecule has 0 atom stereocenters. The van der Waals surface area contributed by atoms with Crippen LogP contribution in [0.15, 0.2) is 59.4 Å². The average molecular weight is 490 g/mol. The van der Waals surface area contributed by atoms with Gasteiger partial charge >= 0.3 is 0 Å². The van der Waals surface area contributed by atoms with Crippen molar-refractivity contribution < 1.29 is 14.3 Å². The molecule has 0 aliphatic rings. The lowest BCUT2D eigenvalue weighted by molar-refractivity contribution is -0.113. The number of carbonyl (C=O) groups excluding carboxylic acids is 2. The number of hydrogen-bond donors (Lipinski definition) is 0. The maximum Gasteiger partial charge on any atom is 0.243 e.